The molecular weight excluding hydrogens is 402 g/mol. The zero-order chi connectivity index (χ0) is 22.3. The van der Waals surface area contributed by atoms with E-state index in [9.17, 15) is 4.79 Å². The van der Waals surface area contributed by atoms with E-state index >= 15 is 0 Å². The van der Waals surface area contributed by atoms with Gasteiger partial charge in [-0.3, -0.25) is 0 Å². The number of H-pyrrole nitrogens is 2. The first-order chi connectivity index (χ1) is 15.4. The van der Waals surface area contributed by atoms with Crippen molar-refractivity contribution in [3.63, 3.8) is 0 Å². The Hall–Kier alpha value is -3.74. The van der Waals surface area contributed by atoms with Gasteiger partial charge in [0.1, 0.15) is 11.2 Å². The number of hydrogen-bond donors (Lipinski definition) is 3. The lowest BCUT2D eigenvalue weighted by molar-refractivity contribution is 0.0270. The van der Waals surface area contributed by atoms with Crippen LogP contribution in [-0.4, -0.2) is 44.6 Å². The Kier molecular flexibility index (Phi) is 4.89. The molecule has 0 saturated carbocycles. The number of pyridine rings is 1. The molecule has 3 aromatic heterocycles. The van der Waals surface area contributed by atoms with E-state index in [1.807, 2.05) is 45.3 Å². The van der Waals surface area contributed by atoms with Gasteiger partial charge in [0.2, 0.25) is 0 Å². The van der Waals surface area contributed by atoms with Crippen molar-refractivity contribution < 1.29 is 9.53 Å². The SMILES string of the molecule is CC(C)(C)OC(=O)N1CC=C(c2cc3c(Nc4cccc5[nH]ccc45)ccnc3[nH]2)CC1. The molecule has 3 N–H and O–H groups in total. The summed E-state index contributed by atoms with van der Waals surface area (Å²) in [5.41, 5.74) is 5.70. The van der Waals surface area contributed by atoms with E-state index in [4.69, 9.17) is 4.74 Å². The fourth-order valence-electron chi connectivity index (χ4n) is 4.05. The van der Waals surface area contributed by atoms with E-state index in [0.29, 0.717) is 13.1 Å². The van der Waals surface area contributed by atoms with Crippen LogP contribution in [0.25, 0.3) is 27.5 Å². The molecule has 1 amide bonds. The van der Waals surface area contributed by atoms with Crippen LogP contribution >= 0.6 is 0 Å². The molecule has 0 fully saturated rings. The van der Waals surface area contributed by atoms with Gasteiger partial charge in [0.25, 0.3) is 0 Å². The highest BCUT2D eigenvalue weighted by atomic mass is 16.6. The summed E-state index contributed by atoms with van der Waals surface area (Å²) in [6.45, 7) is 6.82. The average Bonchev–Trinajstić information content (AvgIpc) is 3.41. The zero-order valence-corrected chi connectivity index (χ0v) is 18.5. The minimum atomic E-state index is -0.488. The van der Waals surface area contributed by atoms with Gasteiger partial charge in [-0.05, 0) is 63.1 Å². The molecule has 164 valence electrons. The number of fused-ring (bicyclic) bond motifs is 2. The summed E-state index contributed by atoms with van der Waals surface area (Å²) >= 11 is 0. The number of amides is 1. The Morgan fingerprint density at radius 2 is 2.00 bits per heavy atom. The molecule has 5 rings (SSSR count). The summed E-state index contributed by atoms with van der Waals surface area (Å²) in [5, 5.41) is 5.74. The molecule has 0 unspecified atom stereocenters. The van der Waals surface area contributed by atoms with E-state index in [2.05, 4.69) is 50.6 Å². The number of aromatic nitrogens is 3. The number of nitrogens with one attached hydrogen (secondary N) is 3. The van der Waals surface area contributed by atoms with Crippen molar-refractivity contribution in [2.45, 2.75) is 32.8 Å². The molecular formula is C25H27N5O2. The first-order valence-electron chi connectivity index (χ1n) is 10.9. The van der Waals surface area contributed by atoms with Gasteiger partial charge in [0.05, 0.1) is 5.69 Å². The maximum absolute atomic E-state index is 12.3. The van der Waals surface area contributed by atoms with E-state index in [1.165, 1.54) is 5.57 Å². The Balaban J connectivity index is 1.39. The highest BCUT2D eigenvalue weighted by Crippen LogP contribution is 2.32. The van der Waals surface area contributed by atoms with Crippen LogP contribution in [0.15, 0.2) is 54.9 Å². The standard InChI is InChI=1S/C25H27N5O2/c1-25(2,3)32-24(31)30-13-9-16(10-14-30)22-15-18-21(8-12-27-23(18)29-22)28-20-6-4-5-19-17(20)7-11-26-19/h4-9,11-12,15,26H,10,13-14H2,1-3H3,(H2,27,28,29). The van der Waals surface area contributed by atoms with Crippen LogP contribution in [0.4, 0.5) is 16.2 Å². The minimum absolute atomic E-state index is 0.267. The van der Waals surface area contributed by atoms with Crippen molar-refractivity contribution in [3.05, 3.63) is 60.6 Å². The van der Waals surface area contributed by atoms with Crippen molar-refractivity contribution in [1.29, 1.82) is 0 Å². The molecule has 0 bridgehead atoms. The third-order valence-corrected chi connectivity index (χ3v) is 5.60. The molecule has 1 aromatic carbocycles. The lowest BCUT2D eigenvalue weighted by atomic mass is 10.0. The Labute approximate surface area is 186 Å². The van der Waals surface area contributed by atoms with Crippen molar-refractivity contribution in [2.24, 2.45) is 0 Å². The molecule has 0 spiro atoms. The van der Waals surface area contributed by atoms with Crippen LogP contribution in [-0.2, 0) is 4.74 Å². The maximum atomic E-state index is 12.3. The van der Waals surface area contributed by atoms with Gasteiger partial charge >= 0.3 is 6.09 Å². The molecule has 0 aliphatic carbocycles. The van der Waals surface area contributed by atoms with Gasteiger partial charge in [-0.2, -0.15) is 0 Å². The summed E-state index contributed by atoms with van der Waals surface area (Å²) < 4.78 is 5.49. The normalized spacial score (nSPS) is 14.6. The highest BCUT2D eigenvalue weighted by Gasteiger charge is 2.24. The van der Waals surface area contributed by atoms with E-state index < -0.39 is 5.60 Å². The van der Waals surface area contributed by atoms with E-state index in [0.717, 1.165) is 45.4 Å². The summed E-state index contributed by atoms with van der Waals surface area (Å²) in [4.78, 5) is 25.3. The third kappa shape index (κ3) is 3.93. The van der Waals surface area contributed by atoms with Crippen molar-refractivity contribution in [3.8, 4) is 0 Å². The molecule has 4 heterocycles. The Morgan fingerprint density at radius 1 is 1.16 bits per heavy atom. The largest absolute Gasteiger partial charge is 0.444 e. The monoisotopic (exact) mass is 429 g/mol. The second-order valence-electron chi connectivity index (χ2n) is 9.08. The van der Waals surface area contributed by atoms with Gasteiger partial charge in [-0.1, -0.05) is 12.1 Å². The van der Waals surface area contributed by atoms with Crippen LogP contribution in [0, 0.1) is 0 Å². The van der Waals surface area contributed by atoms with Crippen molar-refractivity contribution in [2.75, 3.05) is 18.4 Å². The van der Waals surface area contributed by atoms with Crippen LogP contribution in [0.1, 0.15) is 32.9 Å². The van der Waals surface area contributed by atoms with Crippen LogP contribution < -0.4 is 5.32 Å². The van der Waals surface area contributed by atoms with Crippen LogP contribution in [0.2, 0.25) is 0 Å². The average molecular weight is 430 g/mol. The number of rotatable bonds is 3. The second-order valence-corrected chi connectivity index (χ2v) is 9.08. The van der Waals surface area contributed by atoms with E-state index in [-0.39, 0.29) is 6.09 Å². The van der Waals surface area contributed by atoms with Crippen LogP contribution in [0.3, 0.4) is 0 Å². The number of carbonyl (C=O) groups is 1. The number of aromatic amines is 2. The first-order valence-corrected chi connectivity index (χ1v) is 10.9. The first kappa shape index (κ1) is 20.2. The molecule has 0 atom stereocenters. The van der Waals surface area contributed by atoms with Crippen molar-refractivity contribution in [1.82, 2.24) is 19.9 Å². The van der Waals surface area contributed by atoms with Gasteiger partial charge in [0, 0.05) is 53.2 Å². The summed E-state index contributed by atoms with van der Waals surface area (Å²) in [6, 6.07) is 12.4. The molecule has 0 radical (unpaired) electrons. The lowest BCUT2D eigenvalue weighted by Crippen LogP contribution is -2.39. The van der Waals surface area contributed by atoms with Gasteiger partial charge in [0.15, 0.2) is 0 Å². The molecule has 4 aromatic rings. The van der Waals surface area contributed by atoms with Gasteiger partial charge < -0.3 is 24.9 Å². The number of nitrogens with zero attached hydrogens (tertiary/aromatic N) is 2. The van der Waals surface area contributed by atoms with Crippen molar-refractivity contribution >= 4 is 45.0 Å². The number of ether oxygens (including phenoxy) is 1. The zero-order valence-electron chi connectivity index (χ0n) is 18.5. The third-order valence-electron chi connectivity index (χ3n) is 5.60. The fourth-order valence-corrected chi connectivity index (χ4v) is 4.05. The molecule has 7 heteroatoms. The van der Waals surface area contributed by atoms with Crippen LogP contribution in [0.5, 0.6) is 0 Å². The quantitative estimate of drug-likeness (QED) is 0.383. The number of hydrogen-bond acceptors (Lipinski definition) is 4. The Bertz CT molecular complexity index is 1330. The number of benzene rings is 1. The molecule has 0 saturated heterocycles. The lowest BCUT2D eigenvalue weighted by Gasteiger charge is -2.29. The summed E-state index contributed by atoms with van der Waals surface area (Å²) in [5.74, 6) is 0. The number of carbonyl (C=O) groups excluding carboxylic acids is 1. The predicted molar refractivity (Wildman–Crippen MR) is 128 cm³/mol. The Morgan fingerprint density at radius 3 is 2.78 bits per heavy atom. The second kappa shape index (κ2) is 7.75. The smallest absolute Gasteiger partial charge is 0.410 e. The van der Waals surface area contributed by atoms with E-state index in [1.54, 1.807) is 4.90 Å². The van der Waals surface area contributed by atoms with Gasteiger partial charge in [-0.15, -0.1) is 0 Å². The summed E-state index contributed by atoms with van der Waals surface area (Å²) in [6.07, 6.45) is 6.34. The topological polar surface area (TPSA) is 86.0 Å². The molecule has 32 heavy (non-hydrogen) atoms. The van der Waals surface area contributed by atoms with Gasteiger partial charge in [-0.25, -0.2) is 9.78 Å². The molecule has 7 nitrogen and oxygen atoms in total. The maximum Gasteiger partial charge on any atom is 0.410 e. The fraction of sp³-hybridized carbons (Fsp3) is 0.280. The molecule has 1 aliphatic rings. The highest BCUT2D eigenvalue weighted by molar-refractivity contribution is 5.99. The minimum Gasteiger partial charge on any atom is -0.444 e. The number of anilines is 2. The molecule has 1 aliphatic heterocycles. The predicted octanol–water partition coefficient (Wildman–Crippen LogP) is 5.81. The summed E-state index contributed by atoms with van der Waals surface area (Å²) in [7, 11) is 0.